The third-order valence-electron chi connectivity index (χ3n) is 4.47. The molecule has 0 atom stereocenters. The van der Waals surface area contributed by atoms with Gasteiger partial charge in [0.15, 0.2) is 11.5 Å². The molecule has 0 spiro atoms. The van der Waals surface area contributed by atoms with Crippen LogP contribution in [0, 0.1) is 20.2 Å². The smallest absolute Gasteiger partial charge is 0.355 e. The maximum absolute atomic E-state index is 12.2. The predicted octanol–water partition coefficient (Wildman–Crippen LogP) is 2.45. The van der Waals surface area contributed by atoms with Gasteiger partial charge < -0.3 is 14.8 Å². The van der Waals surface area contributed by atoms with Gasteiger partial charge in [-0.05, 0) is 17.7 Å². The van der Waals surface area contributed by atoms with Crippen LogP contribution in [0.15, 0.2) is 48.8 Å². The molecule has 0 saturated carbocycles. The van der Waals surface area contributed by atoms with E-state index in [1.807, 2.05) is 0 Å². The van der Waals surface area contributed by atoms with Crippen molar-refractivity contribution in [1.82, 2.24) is 15.4 Å². The Morgan fingerprint density at radius 3 is 2.42 bits per heavy atom. The number of carbonyl (C=O) groups excluding carboxylic acids is 1. The summed E-state index contributed by atoms with van der Waals surface area (Å²) in [6.45, 7) is 0.0834. The first-order valence-electron chi connectivity index (χ1n) is 9.35. The first kappa shape index (κ1) is 21.2. The van der Waals surface area contributed by atoms with Gasteiger partial charge in [-0.25, -0.2) is 9.97 Å². The number of hydrogen-bond donors (Lipinski definition) is 3. The number of benzene rings is 2. The molecular formula is C19H15N7O7. The zero-order valence-electron chi connectivity index (χ0n) is 16.7. The molecule has 1 aromatic heterocycles. The number of nitro groups is 2. The lowest BCUT2D eigenvalue weighted by Crippen LogP contribution is -2.31. The van der Waals surface area contributed by atoms with Gasteiger partial charge in [-0.3, -0.25) is 35.9 Å². The van der Waals surface area contributed by atoms with E-state index in [1.165, 1.54) is 24.3 Å². The van der Waals surface area contributed by atoms with E-state index >= 15 is 0 Å². The number of hydrazine groups is 1. The van der Waals surface area contributed by atoms with Crippen molar-refractivity contribution in [3.63, 3.8) is 0 Å². The number of nitrogens with zero attached hydrogens (tertiary/aromatic N) is 4. The molecule has 3 aromatic rings. The average Bonchev–Trinajstić information content (AvgIpc) is 3.26. The summed E-state index contributed by atoms with van der Waals surface area (Å²) in [7, 11) is 0. The Morgan fingerprint density at radius 1 is 0.970 bits per heavy atom. The van der Waals surface area contributed by atoms with Crippen molar-refractivity contribution >= 4 is 34.6 Å². The van der Waals surface area contributed by atoms with Crippen molar-refractivity contribution in [2.75, 3.05) is 17.5 Å². The molecule has 1 aliphatic rings. The second kappa shape index (κ2) is 9.01. The normalized spacial score (nSPS) is 11.5. The molecule has 0 radical (unpaired) electrons. The van der Waals surface area contributed by atoms with E-state index in [9.17, 15) is 25.0 Å². The summed E-state index contributed by atoms with van der Waals surface area (Å²) >= 11 is 0. The summed E-state index contributed by atoms with van der Waals surface area (Å²) in [4.78, 5) is 41.1. The Morgan fingerprint density at radius 2 is 1.70 bits per heavy atom. The van der Waals surface area contributed by atoms with Crippen molar-refractivity contribution in [1.29, 1.82) is 0 Å². The van der Waals surface area contributed by atoms with E-state index in [-0.39, 0.29) is 30.5 Å². The number of amides is 1. The van der Waals surface area contributed by atoms with Gasteiger partial charge in [-0.2, -0.15) is 0 Å². The lowest BCUT2D eigenvalue weighted by Gasteiger charge is -2.11. The Hall–Kier alpha value is -5.01. The van der Waals surface area contributed by atoms with Crippen LogP contribution in [0.25, 0.3) is 0 Å². The Labute approximate surface area is 184 Å². The van der Waals surface area contributed by atoms with Crippen molar-refractivity contribution in [2.45, 2.75) is 6.42 Å². The van der Waals surface area contributed by atoms with E-state index in [1.54, 1.807) is 18.2 Å². The highest BCUT2D eigenvalue weighted by atomic mass is 16.7. The van der Waals surface area contributed by atoms with Gasteiger partial charge in [0, 0.05) is 23.9 Å². The number of fused-ring (bicyclic) bond motifs is 1. The van der Waals surface area contributed by atoms with Gasteiger partial charge in [0.05, 0.1) is 16.3 Å². The molecule has 33 heavy (non-hydrogen) atoms. The highest BCUT2D eigenvalue weighted by molar-refractivity contribution is 5.81. The predicted molar refractivity (Wildman–Crippen MR) is 113 cm³/mol. The number of nitro benzene ring substituents is 1. The first-order valence-corrected chi connectivity index (χ1v) is 9.35. The summed E-state index contributed by atoms with van der Waals surface area (Å²) < 4.78 is 10.5. The van der Waals surface area contributed by atoms with Crippen LogP contribution in [-0.4, -0.2) is 32.5 Å². The fourth-order valence-electron chi connectivity index (χ4n) is 2.94. The summed E-state index contributed by atoms with van der Waals surface area (Å²) in [5.41, 5.74) is 5.14. The molecule has 3 N–H and O–H groups in total. The van der Waals surface area contributed by atoms with Gasteiger partial charge >= 0.3 is 5.69 Å². The molecule has 0 fully saturated rings. The molecular weight excluding hydrogens is 438 g/mol. The molecule has 0 unspecified atom stereocenters. The van der Waals surface area contributed by atoms with Gasteiger partial charge in [-0.15, -0.1) is 0 Å². The number of ether oxygens (including phenoxy) is 2. The molecule has 168 valence electrons. The number of anilines is 3. The van der Waals surface area contributed by atoms with Crippen molar-refractivity contribution in [3.05, 3.63) is 74.6 Å². The van der Waals surface area contributed by atoms with Crippen LogP contribution < -0.4 is 25.6 Å². The minimum absolute atomic E-state index is 0.0834. The summed E-state index contributed by atoms with van der Waals surface area (Å²) in [5.74, 6) is 0.141. The fraction of sp³-hybridized carbons (Fsp3) is 0.105. The maximum Gasteiger partial charge on any atom is 0.355 e. The fourth-order valence-corrected chi connectivity index (χ4v) is 2.94. The Balaban J connectivity index is 1.45. The number of rotatable bonds is 8. The summed E-state index contributed by atoms with van der Waals surface area (Å²) in [5, 5.41) is 25.2. The molecule has 0 aliphatic carbocycles. The maximum atomic E-state index is 12.2. The number of aromatic nitrogens is 2. The molecule has 1 amide bonds. The number of non-ortho nitro benzene ring substituents is 1. The molecule has 4 rings (SSSR count). The van der Waals surface area contributed by atoms with Crippen LogP contribution in [0.4, 0.5) is 28.7 Å². The van der Waals surface area contributed by atoms with E-state index < -0.39 is 21.4 Å². The topological polar surface area (TPSA) is 184 Å². The zero-order valence-corrected chi connectivity index (χ0v) is 16.7. The Kier molecular flexibility index (Phi) is 5.79. The van der Waals surface area contributed by atoms with E-state index in [4.69, 9.17) is 9.47 Å². The van der Waals surface area contributed by atoms with Gasteiger partial charge in [0.2, 0.25) is 24.3 Å². The highest BCUT2D eigenvalue weighted by Crippen LogP contribution is 2.37. The standard InChI is InChI=1S/C19H15N7O7/c27-16(7-11-1-4-13(5-2-11)25(28)29)23-24-19-17(26(30)31)18(20-9-21-19)22-12-3-6-14-15(8-12)33-10-32-14/h1-6,8-9H,7,10H2,(H,23,27)(H2,20,21,22,24). The number of nitrogens with one attached hydrogen (secondary N) is 3. The van der Waals surface area contributed by atoms with Gasteiger partial charge in [0.1, 0.15) is 6.33 Å². The molecule has 1 aliphatic heterocycles. The van der Waals surface area contributed by atoms with E-state index in [2.05, 4.69) is 26.1 Å². The third-order valence-corrected chi connectivity index (χ3v) is 4.47. The Bertz CT molecular complexity index is 1230. The summed E-state index contributed by atoms with van der Waals surface area (Å²) in [6.07, 6.45) is 0.972. The quantitative estimate of drug-likeness (QED) is 0.336. The van der Waals surface area contributed by atoms with Crippen LogP contribution in [-0.2, 0) is 11.2 Å². The van der Waals surface area contributed by atoms with Gasteiger partial charge in [0.25, 0.3) is 5.69 Å². The van der Waals surface area contributed by atoms with Gasteiger partial charge in [-0.1, -0.05) is 12.1 Å². The second-order valence-corrected chi connectivity index (χ2v) is 6.64. The molecule has 2 heterocycles. The minimum atomic E-state index is -0.694. The van der Waals surface area contributed by atoms with Crippen LogP contribution in [0.1, 0.15) is 5.56 Å². The number of carbonyl (C=O) groups is 1. The van der Waals surface area contributed by atoms with E-state index in [0.29, 0.717) is 22.7 Å². The molecule has 0 saturated heterocycles. The highest BCUT2D eigenvalue weighted by Gasteiger charge is 2.24. The van der Waals surface area contributed by atoms with Crippen LogP contribution in [0.2, 0.25) is 0 Å². The molecule has 0 bridgehead atoms. The number of hydrogen-bond acceptors (Lipinski definition) is 11. The zero-order chi connectivity index (χ0) is 23.4. The van der Waals surface area contributed by atoms with Crippen LogP contribution in [0.5, 0.6) is 11.5 Å². The largest absolute Gasteiger partial charge is 0.454 e. The average molecular weight is 453 g/mol. The SMILES string of the molecule is O=C(Cc1ccc([N+](=O)[O-])cc1)NNc1ncnc(Nc2ccc3c(c2)OCO3)c1[N+](=O)[O-]. The van der Waals surface area contributed by atoms with Crippen LogP contribution in [0.3, 0.4) is 0 Å². The van der Waals surface area contributed by atoms with Crippen molar-refractivity contribution in [2.24, 2.45) is 0 Å². The van der Waals surface area contributed by atoms with Crippen molar-refractivity contribution in [3.8, 4) is 11.5 Å². The molecule has 2 aromatic carbocycles. The van der Waals surface area contributed by atoms with Crippen LogP contribution >= 0.6 is 0 Å². The van der Waals surface area contributed by atoms with Crippen molar-refractivity contribution < 1.29 is 24.1 Å². The monoisotopic (exact) mass is 453 g/mol. The summed E-state index contributed by atoms with van der Waals surface area (Å²) in [6, 6.07) is 10.3. The molecule has 14 heteroatoms. The lowest BCUT2D eigenvalue weighted by atomic mass is 10.1. The lowest BCUT2D eigenvalue weighted by molar-refractivity contribution is -0.384. The molecule has 14 nitrogen and oxygen atoms in total. The first-order chi connectivity index (χ1) is 15.9. The van der Waals surface area contributed by atoms with E-state index in [0.717, 1.165) is 6.33 Å². The third kappa shape index (κ3) is 4.84. The second-order valence-electron chi connectivity index (χ2n) is 6.64. The minimum Gasteiger partial charge on any atom is -0.454 e.